The number of likely N-dealkylation sites (N-methyl/N-ethyl adjacent to an activating group) is 1. The molecule has 3 N–H and O–H groups in total. The van der Waals surface area contributed by atoms with E-state index in [1.54, 1.807) is 0 Å². The van der Waals surface area contributed by atoms with Gasteiger partial charge in [0.05, 0.1) is 11.8 Å². The van der Waals surface area contributed by atoms with Crippen LogP contribution in [0, 0.1) is 0 Å². The summed E-state index contributed by atoms with van der Waals surface area (Å²) in [7, 11) is 0. The van der Waals surface area contributed by atoms with Gasteiger partial charge in [-0.15, -0.1) is 9.74 Å². The highest BCUT2D eigenvalue weighted by Gasteiger charge is 2.09. The van der Waals surface area contributed by atoms with Crippen molar-refractivity contribution in [2.45, 2.75) is 78.1 Å². The molecule has 0 aromatic heterocycles. The quantitative estimate of drug-likeness (QED) is 0.346. The number of hydrazine groups is 1. The molecule has 1 aliphatic rings. The van der Waals surface area contributed by atoms with Gasteiger partial charge >= 0.3 is 0 Å². The molecule has 0 radical (unpaired) electrons. The van der Waals surface area contributed by atoms with E-state index in [0.29, 0.717) is 0 Å². The van der Waals surface area contributed by atoms with Crippen LogP contribution in [0.25, 0.3) is 0 Å². The van der Waals surface area contributed by atoms with E-state index in [-0.39, 0.29) is 0 Å². The number of halogens is 1. The van der Waals surface area contributed by atoms with E-state index < -0.39 is 0 Å². The summed E-state index contributed by atoms with van der Waals surface area (Å²) in [5.74, 6) is 1.66. The molecule has 0 spiro atoms. The van der Waals surface area contributed by atoms with Crippen molar-refractivity contribution in [1.82, 2.24) is 20.7 Å². The van der Waals surface area contributed by atoms with Crippen LogP contribution in [0.4, 0.5) is 0 Å². The third-order valence-corrected chi connectivity index (χ3v) is 4.05. The molecule has 6 heteroatoms. The minimum atomic E-state index is 0.770. The Morgan fingerprint density at radius 1 is 0.957 bits per heavy atom. The molecule has 1 rings (SSSR count). The van der Waals surface area contributed by atoms with Crippen LogP contribution in [0.5, 0.6) is 0 Å². The normalized spacial score (nSPS) is 14.1. The van der Waals surface area contributed by atoms with Gasteiger partial charge < -0.3 is 10.6 Å². The number of nitrogens with one attached hydrogen (secondary N) is 3. The molecule has 1 aliphatic heterocycles. The molecule has 5 nitrogen and oxygen atoms in total. The van der Waals surface area contributed by atoms with Crippen LogP contribution in [-0.4, -0.2) is 23.6 Å². The molecule has 1 heterocycles. The van der Waals surface area contributed by atoms with Gasteiger partial charge in [-0.1, -0.05) is 64.7 Å². The average Bonchev–Trinajstić information content (AvgIpc) is 2.52. The van der Waals surface area contributed by atoms with Crippen LogP contribution < -0.4 is 16.1 Å². The second-order valence-electron chi connectivity index (χ2n) is 6.05. The van der Waals surface area contributed by atoms with Crippen LogP contribution in [0.1, 0.15) is 78.1 Å². The topological polar surface area (TPSA) is 51.7 Å². The molecule has 0 bridgehead atoms. The summed E-state index contributed by atoms with van der Waals surface area (Å²) in [6.45, 7) is 6.09. The maximum Gasteiger partial charge on any atom is 0.153 e. The van der Waals surface area contributed by atoms with Gasteiger partial charge in [0, 0.05) is 19.2 Å². The number of unbranched alkanes of at least 4 members (excludes halogenated alkanes) is 9. The van der Waals surface area contributed by atoms with E-state index in [2.05, 4.69) is 28.1 Å². The summed E-state index contributed by atoms with van der Waals surface area (Å²) < 4.78 is 1.21. The van der Waals surface area contributed by atoms with Crippen molar-refractivity contribution >= 4 is 17.6 Å². The van der Waals surface area contributed by atoms with Gasteiger partial charge in [-0.3, -0.25) is 5.43 Å². The van der Waals surface area contributed by atoms with Crippen LogP contribution >= 0.6 is 11.8 Å². The second kappa shape index (κ2) is 13.3. The molecule has 0 fully saturated rings. The first-order chi connectivity index (χ1) is 11.3. The Labute approximate surface area is 147 Å². The molecule has 0 aromatic carbocycles. The molecule has 0 atom stereocenters. The van der Waals surface area contributed by atoms with Gasteiger partial charge in [-0.05, 0) is 13.3 Å². The lowest BCUT2D eigenvalue weighted by atomic mass is 10.1. The summed E-state index contributed by atoms with van der Waals surface area (Å²) in [5, 5.41) is 10.6. The average molecular weight is 344 g/mol. The Hall–Kier alpha value is -1.10. The SMILES string of the molecule is CCCCCCCCCCCCNC1=CC(NCC)=NN(Cl)N1. The largest absolute Gasteiger partial charge is 0.370 e. The Balaban J connectivity index is 1.97. The summed E-state index contributed by atoms with van der Waals surface area (Å²) in [5.41, 5.74) is 2.96. The summed E-state index contributed by atoms with van der Waals surface area (Å²) in [6.07, 6.45) is 15.5. The second-order valence-corrected chi connectivity index (χ2v) is 6.37. The van der Waals surface area contributed by atoms with Crippen LogP contribution in [0.3, 0.4) is 0 Å². The monoisotopic (exact) mass is 343 g/mol. The molecule has 0 saturated carbocycles. The molecular formula is C17H34ClN5. The lowest BCUT2D eigenvalue weighted by molar-refractivity contribution is 0.371. The zero-order chi connectivity index (χ0) is 16.8. The fourth-order valence-corrected chi connectivity index (χ4v) is 2.78. The zero-order valence-electron chi connectivity index (χ0n) is 14.8. The first kappa shape index (κ1) is 19.9. The number of rotatable bonds is 13. The number of hydrogen-bond donors (Lipinski definition) is 3. The molecule has 0 amide bonds. The van der Waals surface area contributed by atoms with Crippen molar-refractivity contribution in [2.24, 2.45) is 5.10 Å². The maximum atomic E-state index is 5.90. The molecule has 0 unspecified atom stereocenters. The third kappa shape index (κ3) is 10.3. The van der Waals surface area contributed by atoms with Crippen LogP contribution in [0.15, 0.2) is 17.0 Å². The standard InChI is InChI=1S/C17H34ClN5/c1-3-5-6-7-8-9-10-11-12-13-14-20-17-15-16(19-4-2)21-23(18)22-17/h15,20,22H,3-14H2,1-2H3,(H,19,21). The molecule has 0 aliphatic carbocycles. The van der Waals surface area contributed by atoms with E-state index in [4.69, 9.17) is 11.8 Å². The van der Waals surface area contributed by atoms with Crippen LogP contribution in [0.2, 0.25) is 0 Å². The number of amidine groups is 1. The summed E-state index contributed by atoms with van der Waals surface area (Å²) in [6, 6.07) is 0. The van der Waals surface area contributed by atoms with E-state index in [1.807, 2.05) is 13.0 Å². The highest BCUT2D eigenvalue weighted by molar-refractivity contribution is 6.14. The predicted molar refractivity (Wildman–Crippen MR) is 99.9 cm³/mol. The molecule has 0 aromatic rings. The Kier molecular flexibility index (Phi) is 11.6. The minimum absolute atomic E-state index is 0.770. The van der Waals surface area contributed by atoms with Crippen molar-refractivity contribution in [2.75, 3.05) is 13.1 Å². The van der Waals surface area contributed by atoms with Gasteiger partial charge in [0.25, 0.3) is 0 Å². The zero-order valence-corrected chi connectivity index (χ0v) is 15.6. The van der Waals surface area contributed by atoms with E-state index in [0.717, 1.165) is 24.7 Å². The van der Waals surface area contributed by atoms with Gasteiger partial charge in [-0.25, -0.2) is 0 Å². The lowest BCUT2D eigenvalue weighted by Crippen LogP contribution is -2.40. The fraction of sp³-hybridized carbons (Fsp3) is 0.824. The minimum Gasteiger partial charge on any atom is -0.370 e. The lowest BCUT2D eigenvalue weighted by Gasteiger charge is -2.22. The summed E-state index contributed by atoms with van der Waals surface area (Å²) in [4.78, 5) is 0. The first-order valence-electron chi connectivity index (χ1n) is 9.26. The smallest absolute Gasteiger partial charge is 0.153 e. The Bertz CT molecular complexity index is 357. The number of hydrogen-bond acceptors (Lipinski definition) is 5. The molecule has 23 heavy (non-hydrogen) atoms. The predicted octanol–water partition coefficient (Wildman–Crippen LogP) is 4.24. The van der Waals surface area contributed by atoms with Gasteiger partial charge in [-0.2, -0.15) is 0 Å². The number of nitrogens with zero attached hydrogens (tertiary/aromatic N) is 2. The molecule has 0 saturated heterocycles. The molecular weight excluding hydrogens is 310 g/mol. The van der Waals surface area contributed by atoms with E-state index in [1.165, 1.54) is 68.8 Å². The van der Waals surface area contributed by atoms with Gasteiger partial charge in [0.15, 0.2) is 5.84 Å². The Morgan fingerprint density at radius 2 is 1.57 bits per heavy atom. The Morgan fingerprint density at radius 3 is 2.17 bits per heavy atom. The highest BCUT2D eigenvalue weighted by atomic mass is 35.5. The van der Waals surface area contributed by atoms with E-state index >= 15 is 0 Å². The van der Waals surface area contributed by atoms with Crippen molar-refractivity contribution in [1.29, 1.82) is 0 Å². The van der Waals surface area contributed by atoms with Gasteiger partial charge in [0.1, 0.15) is 5.82 Å². The maximum absolute atomic E-state index is 5.90. The van der Waals surface area contributed by atoms with E-state index in [9.17, 15) is 0 Å². The van der Waals surface area contributed by atoms with Gasteiger partial charge in [0.2, 0.25) is 0 Å². The van der Waals surface area contributed by atoms with Crippen molar-refractivity contribution in [3.05, 3.63) is 11.9 Å². The number of hydrazone groups is 1. The molecule has 134 valence electrons. The third-order valence-electron chi connectivity index (χ3n) is 3.89. The van der Waals surface area contributed by atoms with Crippen molar-refractivity contribution < 1.29 is 0 Å². The summed E-state index contributed by atoms with van der Waals surface area (Å²) >= 11 is 5.90. The highest BCUT2D eigenvalue weighted by Crippen LogP contribution is 2.10. The van der Waals surface area contributed by atoms with Crippen molar-refractivity contribution in [3.8, 4) is 0 Å². The fourth-order valence-electron chi connectivity index (χ4n) is 2.61. The van der Waals surface area contributed by atoms with Crippen LogP contribution in [-0.2, 0) is 0 Å². The first-order valence-corrected chi connectivity index (χ1v) is 9.60. The van der Waals surface area contributed by atoms with Crippen molar-refractivity contribution in [3.63, 3.8) is 0 Å².